The Kier molecular flexibility index (Phi) is 7.74. The number of thioether (sulfide) groups is 1. The number of nitrogens with zero attached hydrogens (tertiary/aromatic N) is 5. The zero-order valence-electron chi connectivity index (χ0n) is 20.2. The molecule has 2 aliphatic heterocycles. The number of nitrogens with two attached hydrogens (primary N) is 1. The van der Waals surface area contributed by atoms with Crippen LogP contribution in [0.2, 0.25) is 0 Å². The number of nitrogens with one attached hydrogen (secondary N) is 2. The lowest BCUT2D eigenvalue weighted by Gasteiger charge is -2.17. The fourth-order valence-electron chi connectivity index (χ4n) is 4.54. The standard InChI is InChI=1S/C24H27FN8O3S/c1-35-22-5-3-18-23(31-22)16(17(25)10-28-18)6-7-33-11-14(19(12-33)32-36-26)8-27-9-15-2-4-20-24(29-15)30-21(34)13-37-20/h2-5,10,14,27H,6-9,11-13,26H2,1H3,(H,29,30,34)/b32-19+/t14-/m1/s1. The molecule has 1 saturated heterocycles. The fraction of sp³-hybridized carbons (Fsp3) is 0.375. The Morgan fingerprint density at radius 1 is 1.32 bits per heavy atom. The van der Waals surface area contributed by atoms with E-state index in [9.17, 15) is 9.18 Å². The van der Waals surface area contributed by atoms with E-state index >= 15 is 0 Å². The first-order valence-electron chi connectivity index (χ1n) is 11.8. The van der Waals surface area contributed by atoms with Crippen LogP contribution in [0.15, 0.2) is 40.5 Å². The Labute approximate surface area is 217 Å². The van der Waals surface area contributed by atoms with E-state index in [0.29, 0.717) is 73.2 Å². The molecule has 0 bridgehead atoms. The van der Waals surface area contributed by atoms with Gasteiger partial charge in [-0.3, -0.25) is 14.7 Å². The molecule has 13 heteroatoms. The average Bonchev–Trinajstić information content (AvgIpc) is 3.29. The average molecular weight is 527 g/mol. The molecular weight excluding hydrogens is 499 g/mol. The Hall–Kier alpha value is -3.39. The van der Waals surface area contributed by atoms with Gasteiger partial charge in [0.15, 0.2) is 0 Å². The highest BCUT2D eigenvalue weighted by atomic mass is 32.2. The summed E-state index contributed by atoms with van der Waals surface area (Å²) in [6.45, 7) is 3.03. The minimum atomic E-state index is -0.392. The summed E-state index contributed by atoms with van der Waals surface area (Å²) in [5, 5.41) is 10.3. The summed E-state index contributed by atoms with van der Waals surface area (Å²) in [5.41, 5.74) is 3.27. The Bertz CT molecular complexity index is 1340. The van der Waals surface area contributed by atoms with Crippen LogP contribution in [0.3, 0.4) is 0 Å². The van der Waals surface area contributed by atoms with E-state index in [-0.39, 0.29) is 11.8 Å². The van der Waals surface area contributed by atoms with E-state index in [1.807, 2.05) is 12.1 Å². The molecule has 0 aliphatic carbocycles. The van der Waals surface area contributed by atoms with E-state index in [2.05, 4.69) is 40.6 Å². The molecule has 4 N–H and O–H groups in total. The van der Waals surface area contributed by atoms with Crippen LogP contribution in [-0.4, -0.2) is 70.5 Å². The minimum absolute atomic E-state index is 0.0432. The van der Waals surface area contributed by atoms with Crippen molar-refractivity contribution in [3.05, 3.63) is 47.5 Å². The van der Waals surface area contributed by atoms with E-state index in [0.717, 1.165) is 16.3 Å². The molecule has 2 aliphatic rings. The lowest BCUT2D eigenvalue weighted by molar-refractivity contribution is -0.113. The maximum absolute atomic E-state index is 14.7. The van der Waals surface area contributed by atoms with Crippen molar-refractivity contribution in [2.75, 3.05) is 44.4 Å². The van der Waals surface area contributed by atoms with Gasteiger partial charge >= 0.3 is 0 Å². The molecule has 3 aromatic heterocycles. The molecule has 0 spiro atoms. The summed E-state index contributed by atoms with van der Waals surface area (Å²) < 4.78 is 19.9. The number of rotatable bonds is 9. The predicted octanol–water partition coefficient (Wildman–Crippen LogP) is 1.73. The number of carbonyl (C=O) groups is 1. The Morgan fingerprint density at radius 2 is 2.22 bits per heavy atom. The molecule has 11 nitrogen and oxygen atoms in total. The molecule has 5 rings (SSSR count). The van der Waals surface area contributed by atoms with Crippen molar-refractivity contribution in [1.82, 2.24) is 25.2 Å². The number of ether oxygens (including phenoxy) is 1. The molecular formula is C24H27FN8O3S. The molecule has 1 fully saturated rings. The highest BCUT2D eigenvalue weighted by molar-refractivity contribution is 8.00. The second-order valence-corrected chi connectivity index (χ2v) is 9.81. The minimum Gasteiger partial charge on any atom is -0.481 e. The number of likely N-dealkylation sites (tertiary alicyclic amines) is 1. The number of methoxy groups -OCH3 is 1. The van der Waals surface area contributed by atoms with Crippen LogP contribution in [0, 0.1) is 11.7 Å². The van der Waals surface area contributed by atoms with Crippen molar-refractivity contribution < 1.29 is 18.9 Å². The molecule has 3 aromatic rings. The number of carbonyl (C=O) groups excluding carboxylic acids is 1. The topological polar surface area (TPSA) is 140 Å². The van der Waals surface area contributed by atoms with Crippen molar-refractivity contribution in [3.63, 3.8) is 0 Å². The van der Waals surface area contributed by atoms with Gasteiger partial charge in [-0.1, -0.05) is 5.16 Å². The van der Waals surface area contributed by atoms with Gasteiger partial charge in [0.2, 0.25) is 11.8 Å². The zero-order chi connectivity index (χ0) is 25.8. The van der Waals surface area contributed by atoms with Gasteiger partial charge in [0.05, 0.1) is 46.4 Å². The number of fused-ring (bicyclic) bond motifs is 2. The Balaban J connectivity index is 1.20. The maximum atomic E-state index is 14.7. The number of amides is 1. The first-order chi connectivity index (χ1) is 18.0. The second kappa shape index (κ2) is 11.3. The van der Waals surface area contributed by atoms with Gasteiger partial charge in [0, 0.05) is 50.3 Å². The van der Waals surface area contributed by atoms with Crippen LogP contribution in [0.5, 0.6) is 5.88 Å². The molecule has 0 aromatic carbocycles. The van der Waals surface area contributed by atoms with Gasteiger partial charge in [-0.2, -0.15) is 0 Å². The van der Waals surface area contributed by atoms with Gasteiger partial charge in [-0.15, -0.1) is 17.7 Å². The van der Waals surface area contributed by atoms with E-state index in [1.165, 1.54) is 25.1 Å². The molecule has 0 saturated carbocycles. The number of hydrogen-bond acceptors (Lipinski definition) is 11. The lowest BCUT2D eigenvalue weighted by Crippen LogP contribution is -2.29. The van der Waals surface area contributed by atoms with Crippen LogP contribution in [0.25, 0.3) is 11.0 Å². The smallest absolute Gasteiger partial charge is 0.235 e. The number of hydrogen-bond donors (Lipinski definition) is 3. The summed E-state index contributed by atoms with van der Waals surface area (Å²) in [6.07, 6.45) is 1.68. The van der Waals surface area contributed by atoms with Crippen molar-refractivity contribution in [2.24, 2.45) is 17.0 Å². The molecule has 0 radical (unpaired) electrons. The fourth-order valence-corrected chi connectivity index (χ4v) is 5.30. The van der Waals surface area contributed by atoms with Crippen molar-refractivity contribution in [3.8, 4) is 5.88 Å². The summed E-state index contributed by atoms with van der Waals surface area (Å²) in [6, 6.07) is 7.41. The quantitative estimate of drug-likeness (QED) is 0.353. The summed E-state index contributed by atoms with van der Waals surface area (Å²) in [5.74, 6) is 6.29. The van der Waals surface area contributed by atoms with Crippen LogP contribution < -0.4 is 21.3 Å². The number of aromatic nitrogens is 3. The first-order valence-corrected chi connectivity index (χ1v) is 12.8. The largest absolute Gasteiger partial charge is 0.481 e. The maximum Gasteiger partial charge on any atom is 0.235 e. The molecule has 1 atom stereocenters. The van der Waals surface area contributed by atoms with Crippen molar-refractivity contribution >= 4 is 40.2 Å². The number of pyridine rings is 3. The van der Waals surface area contributed by atoms with E-state index in [4.69, 9.17) is 10.6 Å². The first kappa shape index (κ1) is 25.3. The van der Waals surface area contributed by atoms with Crippen LogP contribution >= 0.6 is 11.8 Å². The molecule has 0 unspecified atom stereocenters. The summed E-state index contributed by atoms with van der Waals surface area (Å²) in [4.78, 5) is 32.5. The predicted molar refractivity (Wildman–Crippen MR) is 138 cm³/mol. The van der Waals surface area contributed by atoms with Crippen LogP contribution in [-0.2, 0) is 22.7 Å². The highest BCUT2D eigenvalue weighted by Gasteiger charge is 2.30. The third kappa shape index (κ3) is 5.80. The molecule has 37 heavy (non-hydrogen) atoms. The monoisotopic (exact) mass is 526 g/mol. The van der Waals surface area contributed by atoms with E-state index in [1.54, 1.807) is 12.1 Å². The van der Waals surface area contributed by atoms with Gasteiger partial charge in [-0.05, 0) is 24.6 Å². The molecule has 1 amide bonds. The van der Waals surface area contributed by atoms with Crippen molar-refractivity contribution in [1.29, 1.82) is 0 Å². The second-order valence-electron chi connectivity index (χ2n) is 8.79. The van der Waals surface area contributed by atoms with Gasteiger partial charge in [0.1, 0.15) is 11.6 Å². The summed E-state index contributed by atoms with van der Waals surface area (Å²) >= 11 is 1.48. The number of anilines is 1. The Morgan fingerprint density at radius 3 is 3.05 bits per heavy atom. The van der Waals surface area contributed by atoms with Crippen LogP contribution in [0.1, 0.15) is 11.3 Å². The molecule has 194 valence electrons. The molecule has 5 heterocycles. The normalized spacial score (nSPS) is 18.7. The van der Waals surface area contributed by atoms with Gasteiger partial charge in [0.25, 0.3) is 0 Å². The van der Waals surface area contributed by atoms with Gasteiger partial charge in [-0.25, -0.2) is 14.4 Å². The summed E-state index contributed by atoms with van der Waals surface area (Å²) in [7, 11) is 1.53. The number of halogens is 1. The van der Waals surface area contributed by atoms with E-state index < -0.39 is 5.82 Å². The van der Waals surface area contributed by atoms with Gasteiger partial charge < -0.3 is 20.3 Å². The highest BCUT2D eigenvalue weighted by Crippen LogP contribution is 2.29. The SMILES string of the molecule is COc1ccc2ncc(F)c(CCN3C/C(=N\ON)[C@H](CNCc4ccc5c(n4)NC(=O)CS5)C3)c2n1. The van der Waals surface area contributed by atoms with Crippen molar-refractivity contribution in [2.45, 2.75) is 17.9 Å². The lowest BCUT2D eigenvalue weighted by atomic mass is 10.1. The zero-order valence-corrected chi connectivity index (χ0v) is 21.1. The third-order valence-corrected chi connectivity index (χ3v) is 7.41. The van der Waals surface area contributed by atoms with Crippen LogP contribution in [0.4, 0.5) is 10.2 Å². The number of oxime groups is 1. The third-order valence-electron chi connectivity index (χ3n) is 6.36.